The monoisotopic (exact) mass is 410 g/mol. The van der Waals surface area contributed by atoms with Crippen LogP contribution in [0.15, 0.2) is 24.3 Å². The van der Waals surface area contributed by atoms with E-state index in [0.717, 1.165) is 38.5 Å². The Labute approximate surface area is 173 Å². The number of carbonyl (C=O) groups excluding carboxylic acids is 2. The van der Waals surface area contributed by atoms with Crippen LogP contribution in [0.3, 0.4) is 0 Å². The summed E-state index contributed by atoms with van der Waals surface area (Å²) >= 11 is 0. The lowest BCUT2D eigenvalue weighted by molar-refractivity contribution is -0.452. The van der Waals surface area contributed by atoms with Gasteiger partial charge in [-0.15, -0.1) is 0 Å². The number of carbonyl (C=O) groups is 2. The molecule has 0 heterocycles. The molecule has 0 aliphatic rings. The highest BCUT2D eigenvalue weighted by Gasteiger charge is 2.14. The van der Waals surface area contributed by atoms with Crippen molar-refractivity contribution < 1.29 is 33.9 Å². The zero-order valence-electron chi connectivity index (χ0n) is 17.8. The lowest BCUT2D eigenvalue weighted by Gasteiger charge is -2.13. The number of rotatable bonds is 15. The summed E-state index contributed by atoms with van der Waals surface area (Å²) < 4.78 is 10.6. The van der Waals surface area contributed by atoms with Crippen molar-refractivity contribution in [3.63, 3.8) is 0 Å². The molecule has 164 valence electrons. The van der Waals surface area contributed by atoms with Crippen LogP contribution in [-0.2, 0) is 19.6 Å². The summed E-state index contributed by atoms with van der Waals surface area (Å²) in [6.07, 6.45) is 7.52. The normalized spacial score (nSPS) is 11.6. The molecule has 0 saturated heterocycles. The van der Waals surface area contributed by atoms with E-state index in [2.05, 4.69) is 28.7 Å². The van der Waals surface area contributed by atoms with Crippen LogP contribution >= 0.6 is 0 Å². The number of hydrogen-bond donors (Lipinski definition) is 0. The maximum Gasteiger partial charge on any atom is 0.543 e. The number of unbranched alkanes of at least 4 members (excludes halogenated alkanes) is 4. The number of ether oxygens (including phenoxy) is 2. The summed E-state index contributed by atoms with van der Waals surface area (Å²) in [4.78, 5) is 32.1. The molecule has 1 aromatic carbocycles. The highest BCUT2D eigenvalue weighted by molar-refractivity contribution is 5.89. The van der Waals surface area contributed by atoms with Crippen LogP contribution in [0, 0.1) is 5.92 Å². The molecule has 1 atom stereocenters. The molecule has 7 heteroatoms. The van der Waals surface area contributed by atoms with E-state index in [9.17, 15) is 9.59 Å². The van der Waals surface area contributed by atoms with Gasteiger partial charge in [-0.1, -0.05) is 59.3 Å². The molecule has 0 saturated carbocycles. The van der Waals surface area contributed by atoms with Crippen LogP contribution in [0.25, 0.3) is 0 Å². The van der Waals surface area contributed by atoms with Crippen LogP contribution < -0.4 is 4.74 Å². The molecule has 0 bridgehead atoms. The first-order valence-corrected chi connectivity index (χ1v) is 10.6. The topological polar surface area (TPSA) is 80.3 Å². The summed E-state index contributed by atoms with van der Waals surface area (Å²) in [5.74, 6) is 0.159. The van der Waals surface area contributed by atoms with Crippen LogP contribution in [-0.4, -0.2) is 25.3 Å². The largest absolute Gasteiger partial charge is 0.543 e. The van der Waals surface area contributed by atoms with Crippen molar-refractivity contribution in [2.45, 2.75) is 72.1 Å². The molecular weight excluding hydrogens is 376 g/mol. The molecule has 0 aliphatic heterocycles. The van der Waals surface area contributed by atoms with E-state index in [0.29, 0.717) is 12.4 Å². The van der Waals surface area contributed by atoms with Gasteiger partial charge in [0.1, 0.15) is 5.75 Å². The van der Waals surface area contributed by atoms with Crippen LogP contribution in [0.5, 0.6) is 5.75 Å². The Bertz CT molecular complexity index is 571. The second-order valence-corrected chi connectivity index (χ2v) is 6.93. The Balaban J connectivity index is 2.24. The third kappa shape index (κ3) is 11.3. The van der Waals surface area contributed by atoms with Gasteiger partial charge in [0.2, 0.25) is 0 Å². The molecule has 0 fully saturated rings. The molecule has 1 rings (SSSR count). The fraction of sp³-hybridized carbons (Fsp3) is 0.636. The van der Waals surface area contributed by atoms with E-state index in [1.807, 2.05) is 6.92 Å². The smallest absolute Gasteiger partial charge is 0.494 e. The summed E-state index contributed by atoms with van der Waals surface area (Å²) in [7, 11) is 0. The Morgan fingerprint density at radius 1 is 0.897 bits per heavy atom. The standard InChI is InChI=1S/C22H34O7/c1-4-7-9-10-16-25-20-14-12-19(13-15-20)21(23)27-29-28-22(24)26-17-18(6-3)11-8-5-2/h12-15,18H,4-11,16-17H2,1-3H3. The fourth-order valence-electron chi connectivity index (χ4n) is 2.64. The minimum absolute atomic E-state index is 0.242. The summed E-state index contributed by atoms with van der Waals surface area (Å²) in [6.45, 7) is 7.19. The number of benzene rings is 1. The van der Waals surface area contributed by atoms with Crippen LogP contribution in [0.2, 0.25) is 0 Å². The minimum atomic E-state index is -1.04. The average Bonchev–Trinajstić information content (AvgIpc) is 2.74. The van der Waals surface area contributed by atoms with Gasteiger partial charge < -0.3 is 9.47 Å². The molecule has 1 aromatic rings. The van der Waals surface area contributed by atoms with Gasteiger partial charge >= 0.3 is 12.1 Å². The van der Waals surface area contributed by atoms with Crippen molar-refractivity contribution >= 4 is 12.1 Å². The molecule has 0 aliphatic carbocycles. The van der Waals surface area contributed by atoms with Gasteiger partial charge in [-0.05, 0) is 43.0 Å². The summed E-state index contributed by atoms with van der Waals surface area (Å²) in [5.41, 5.74) is 0.242. The second kappa shape index (κ2) is 15.6. The van der Waals surface area contributed by atoms with Crippen LogP contribution in [0.4, 0.5) is 4.79 Å². The van der Waals surface area contributed by atoms with Crippen molar-refractivity contribution in [2.24, 2.45) is 5.92 Å². The van der Waals surface area contributed by atoms with Gasteiger partial charge in [-0.2, -0.15) is 0 Å². The third-order valence-corrected chi connectivity index (χ3v) is 4.55. The predicted octanol–water partition coefficient (Wildman–Crippen LogP) is 6.02. The van der Waals surface area contributed by atoms with Gasteiger partial charge in [0.05, 0.1) is 23.8 Å². The van der Waals surface area contributed by atoms with Gasteiger partial charge in [-0.25, -0.2) is 14.5 Å². The van der Waals surface area contributed by atoms with E-state index >= 15 is 0 Å². The Kier molecular flexibility index (Phi) is 13.3. The molecule has 0 N–H and O–H groups in total. The van der Waals surface area contributed by atoms with Crippen molar-refractivity contribution in [3.05, 3.63) is 29.8 Å². The van der Waals surface area contributed by atoms with Gasteiger partial charge in [-0.3, -0.25) is 4.89 Å². The second-order valence-electron chi connectivity index (χ2n) is 6.93. The van der Waals surface area contributed by atoms with Gasteiger partial charge in [0, 0.05) is 0 Å². The van der Waals surface area contributed by atoms with Gasteiger partial charge in [0.25, 0.3) is 0 Å². The quantitative estimate of drug-likeness (QED) is 0.151. The molecular formula is C22H34O7. The van der Waals surface area contributed by atoms with E-state index < -0.39 is 12.1 Å². The Hall–Kier alpha value is -2.28. The average molecular weight is 411 g/mol. The first-order chi connectivity index (χ1) is 14.1. The van der Waals surface area contributed by atoms with E-state index in [1.165, 1.54) is 12.8 Å². The molecule has 29 heavy (non-hydrogen) atoms. The maximum absolute atomic E-state index is 11.9. The van der Waals surface area contributed by atoms with Crippen LogP contribution in [0.1, 0.15) is 82.5 Å². The summed E-state index contributed by atoms with van der Waals surface area (Å²) in [5, 5.41) is 4.24. The van der Waals surface area contributed by atoms with Crippen molar-refractivity contribution in [2.75, 3.05) is 13.2 Å². The predicted molar refractivity (Wildman–Crippen MR) is 108 cm³/mol. The molecule has 0 aromatic heterocycles. The highest BCUT2D eigenvalue weighted by Crippen LogP contribution is 2.15. The SMILES string of the molecule is CCCCCCOc1ccc(C(=O)OOOC(=O)OCC(CC)CCCC)cc1. The molecule has 7 nitrogen and oxygen atoms in total. The van der Waals surface area contributed by atoms with Crippen molar-refractivity contribution in [1.29, 1.82) is 0 Å². The molecule has 0 spiro atoms. The maximum atomic E-state index is 11.9. The van der Waals surface area contributed by atoms with Crippen molar-refractivity contribution in [1.82, 2.24) is 0 Å². The lowest BCUT2D eigenvalue weighted by atomic mass is 10.0. The zero-order chi connectivity index (χ0) is 21.3. The van der Waals surface area contributed by atoms with E-state index in [1.54, 1.807) is 24.3 Å². The lowest BCUT2D eigenvalue weighted by Crippen LogP contribution is -2.16. The first kappa shape index (κ1) is 24.8. The minimum Gasteiger partial charge on any atom is -0.494 e. The molecule has 0 radical (unpaired) electrons. The zero-order valence-corrected chi connectivity index (χ0v) is 17.8. The highest BCUT2D eigenvalue weighted by atomic mass is 17.5. The van der Waals surface area contributed by atoms with Crippen molar-refractivity contribution in [3.8, 4) is 5.75 Å². The van der Waals surface area contributed by atoms with Gasteiger partial charge in [0.15, 0.2) is 0 Å². The van der Waals surface area contributed by atoms with E-state index in [4.69, 9.17) is 9.47 Å². The number of hydrogen-bond acceptors (Lipinski definition) is 7. The third-order valence-electron chi connectivity index (χ3n) is 4.55. The Morgan fingerprint density at radius 2 is 1.62 bits per heavy atom. The van der Waals surface area contributed by atoms with E-state index in [-0.39, 0.29) is 18.1 Å². The first-order valence-electron chi connectivity index (χ1n) is 10.6. The Morgan fingerprint density at radius 3 is 2.28 bits per heavy atom. The summed E-state index contributed by atoms with van der Waals surface area (Å²) in [6, 6.07) is 6.44. The molecule has 1 unspecified atom stereocenters. The fourth-order valence-corrected chi connectivity index (χ4v) is 2.64. The molecule has 0 amide bonds.